The molecule has 7 heteroatoms. The van der Waals surface area contributed by atoms with Crippen LogP contribution in [0.25, 0.3) is 0 Å². The van der Waals surface area contributed by atoms with Crippen LogP contribution in [0.3, 0.4) is 0 Å². The number of benzene rings is 2. The maximum absolute atomic E-state index is 12.7. The second-order valence-electron chi connectivity index (χ2n) is 7.29. The van der Waals surface area contributed by atoms with Gasteiger partial charge < -0.3 is 15.1 Å². The van der Waals surface area contributed by atoms with Gasteiger partial charge in [0.1, 0.15) is 0 Å². The third-order valence-corrected chi connectivity index (χ3v) is 6.11. The lowest BCUT2D eigenvalue weighted by atomic mass is 10.1. The van der Waals surface area contributed by atoms with Gasteiger partial charge in [0, 0.05) is 47.9 Å². The van der Waals surface area contributed by atoms with E-state index in [-0.39, 0.29) is 30.1 Å². The molecule has 2 aromatic rings. The Kier molecular flexibility index (Phi) is 5.58. The molecule has 1 N–H and O–H groups in total. The Hall–Kier alpha value is -2.80. The molecule has 2 aliphatic rings. The molecule has 150 valence electrons. The number of nitrogens with zero attached hydrogens (tertiary/aromatic N) is 2. The van der Waals surface area contributed by atoms with Gasteiger partial charge in [-0.05, 0) is 55.1 Å². The summed E-state index contributed by atoms with van der Waals surface area (Å²) in [6.45, 7) is 1.12. The van der Waals surface area contributed by atoms with E-state index in [9.17, 15) is 14.4 Å². The average molecular weight is 410 g/mol. The van der Waals surface area contributed by atoms with Gasteiger partial charge in [-0.1, -0.05) is 6.07 Å². The molecule has 0 saturated carbocycles. The van der Waals surface area contributed by atoms with Crippen LogP contribution in [0, 0.1) is 5.92 Å². The highest BCUT2D eigenvalue weighted by molar-refractivity contribution is 7.98. The Morgan fingerprint density at radius 1 is 1.03 bits per heavy atom. The molecular formula is C22H23N3O3S. The lowest BCUT2D eigenvalue weighted by Gasteiger charge is -2.18. The van der Waals surface area contributed by atoms with Gasteiger partial charge >= 0.3 is 0 Å². The van der Waals surface area contributed by atoms with Crippen molar-refractivity contribution in [1.29, 1.82) is 0 Å². The summed E-state index contributed by atoms with van der Waals surface area (Å²) in [5, 5.41) is 2.90. The maximum atomic E-state index is 12.7. The zero-order valence-electron chi connectivity index (χ0n) is 16.3. The SMILES string of the molecule is CSc1cccc(N2CC(C(=O)Nc3ccc(N4CCCC4=O)cc3)CC2=O)c1. The van der Waals surface area contributed by atoms with Crippen molar-refractivity contribution in [2.45, 2.75) is 24.2 Å². The molecule has 0 bridgehead atoms. The van der Waals surface area contributed by atoms with Crippen LogP contribution in [0.15, 0.2) is 53.4 Å². The third-order valence-electron chi connectivity index (χ3n) is 5.38. The number of rotatable bonds is 5. The quantitative estimate of drug-likeness (QED) is 0.767. The van der Waals surface area contributed by atoms with E-state index < -0.39 is 0 Å². The summed E-state index contributed by atoms with van der Waals surface area (Å²) in [4.78, 5) is 41.5. The van der Waals surface area contributed by atoms with E-state index in [4.69, 9.17) is 0 Å². The minimum atomic E-state index is -0.389. The van der Waals surface area contributed by atoms with E-state index in [1.54, 1.807) is 33.7 Å². The molecule has 2 saturated heterocycles. The summed E-state index contributed by atoms with van der Waals surface area (Å²) in [5.41, 5.74) is 2.35. The largest absolute Gasteiger partial charge is 0.326 e. The van der Waals surface area contributed by atoms with Gasteiger partial charge in [-0.25, -0.2) is 0 Å². The van der Waals surface area contributed by atoms with Crippen LogP contribution >= 0.6 is 11.8 Å². The summed E-state index contributed by atoms with van der Waals surface area (Å²) < 4.78 is 0. The Labute approximate surface area is 174 Å². The molecule has 3 amide bonds. The van der Waals surface area contributed by atoms with E-state index in [2.05, 4.69) is 5.32 Å². The predicted molar refractivity (Wildman–Crippen MR) is 115 cm³/mol. The first-order valence-corrected chi connectivity index (χ1v) is 10.9. The van der Waals surface area contributed by atoms with Crippen molar-refractivity contribution in [2.75, 3.05) is 34.5 Å². The summed E-state index contributed by atoms with van der Waals surface area (Å²) in [6, 6.07) is 15.1. The minimum Gasteiger partial charge on any atom is -0.326 e. The van der Waals surface area contributed by atoms with Gasteiger partial charge in [-0.2, -0.15) is 0 Å². The highest BCUT2D eigenvalue weighted by Crippen LogP contribution is 2.29. The topological polar surface area (TPSA) is 69.7 Å². The molecule has 2 aliphatic heterocycles. The molecule has 2 heterocycles. The van der Waals surface area contributed by atoms with Gasteiger partial charge in [0.2, 0.25) is 17.7 Å². The van der Waals surface area contributed by atoms with Crippen molar-refractivity contribution < 1.29 is 14.4 Å². The number of nitrogens with one attached hydrogen (secondary N) is 1. The number of thioether (sulfide) groups is 1. The molecule has 6 nitrogen and oxygen atoms in total. The number of anilines is 3. The summed E-state index contributed by atoms with van der Waals surface area (Å²) in [6.07, 6.45) is 3.66. The van der Waals surface area contributed by atoms with Gasteiger partial charge in [0.15, 0.2) is 0 Å². The molecular weight excluding hydrogens is 386 g/mol. The maximum Gasteiger partial charge on any atom is 0.229 e. The number of hydrogen-bond acceptors (Lipinski definition) is 4. The Morgan fingerprint density at radius 3 is 2.52 bits per heavy atom. The zero-order valence-corrected chi connectivity index (χ0v) is 17.1. The van der Waals surface area contributed by atoms with Crippen LogP contribution < -0.4 is 15.1 Å². The molecule has 1 atom stereocenters. The van der Waals surface area contributed by atoms with Crippen molar-refractivity contribution in [2.24, 2.45) is 5.92 Å². The molecule has 4 rings (SSSR count). The van der Waals surface area contributed by atoms with Gasteiger partial charge in [0.05, 0.1) is 5.92 Å². The highest BCUT2D eigenvalue weighted by Gasteiger charge is 2.35. The lowest BCUT2D eigenvalue weighted by molar-refractivity contribution is -0.122. The molecule has 1 unspecified atom stereocenters. The number of hydrogen-bond donors (Lipinski definition) is 1. The van der Waals surface area contributed by atoms with E-state index in [1.807, 2.05) is 42.7 Å². The highest BCUT2D eigenvalue weighted by atomic mass is 32.2. The van der Waals surface area contributed by atoms with Gasteiger partial charge in [0.25, 0.3) is 0 Å². The molecule has 0 radical (unpaired) electrons. The molecule has 29 heavy (non-hydrogen) atoms. The van der Waals surface area contributed by atoms with Crippen LogP contribution in [0.2, 0.25) is 0 Å². The smallest absolute Gasteiger partial charge is 0.229 e. The lowest BCUT2D eigenvalue weighted by Crippen LogP contribution is -2.28. The summed E-state index contributed by atoms with van der Waals surface area (Å²) in [5.74, 6) is -0.449. The van der Waals surface area contributed by atoms with Crippen molar-refractivity contribution in [3.63, 3.8) is 0 Å². The van der Waals surface area contributed by atoms with Crippen LogP contribution in [0.1, 0.15) is 19.3 Å². The first kappa shape index (κ1) is 19.5. The van der Waals surface area contributed by atoms with Gasteiger partial charge in [-0.3, -0.25) is 14.4 Å². The monoisotopic (exact) mass is 409 g/mol. The van der Waals surface area contributed by atoms with Crippen molar-refractivity contribution >= 4 is 46.5 Å². The van der Waals surface area contributed by atoms with Crippen LogP contribution in [0.5, 0.6) is 0 Å². The molecule has 0 aliphatic carbocycles. The van der Waals surface area contributed by atoms with Crippen LogP contribution in [0.4, 0.5) is 17.1 Å². The molecule has 0 spiro atoms. The number of amides is 3. The Balaban J connectivity index is 1.40. The minimum absolute atomic E-state index is 0.0358. The first-order chi connectivity index (χ1) is 14.0. The van der Waals surface area contributed by atoms with Gasteiger partial charge in [-0.15, -0.1) is 11.8 Å². The molecule has 2 aromatic carbocycles. The zero-order chi connectivity index (χ0) is 20.4. The van der Waals surface area contributed by atoms with E-state index in [0.717, 1.165) is 29.2 Å². The third kappa shape index (κ3) is 4.15. The Morgan fingerprint density at radius 2 is 1.83 bits per heavy atom. The fourth-order valence-electron chi connectivity index (χ4n) is 3.80. The fourth-order valence-corrected chi connectivity index (χ4v) is 4.25. The standard InChI is InChI=1S/C22H23N3O3S/c1-29-19-5-2-4-18(13-19)25-14-15(12-21(25)27)22(28)23-16-7-9-17(10-8-16)24-11-3-6-20(24)26/h2,4-5,7-10,13,15H,3,6,11-12,14H2,1H3,(H,23,28). The molecule has 2 fully saturated rings. The van der Waals surface area contributed by atoms with Crippen molar-refractivity contribution in [3.05, 3.63) is 48.5 Å². The fraction of sp³-hybridized carbons (Fsp3) is 0.318. The van der Waals surface area contributed by atoms with Crippen molar-refractivity contribution in [3.8, 4) is 0 Å². The second-order valence-corrected chi connectivity index (χ2v) is 8.17. The summed E-state index contributed by atoms with van der Waals surface area (Å²) >= 11 is 1.62. The predicted octanol–water partition coefficient (Wildman–Crippen LogP) is 3.53. The number of carbonyl (C=O) groups excluding carboxylic acids is 3. The summed E-state index contributed by atoms with van der Waals surface area (Å²) in [7, 11) is 0. The normalized spacial score (nSPS) is 19.1. The number of carbonyl (C=O) groups is 3. The Bertz CT molecular complexity index is 945. The van der Waals surface area contributed by atoms with Crippen LogP contribution in [-0.2, 0) is 14.4 Å². The molecule has 0 aromatic heterocycles. The average Bonchev–Trinajstić information content (AvgIpc) is 3.34. The van der Waals surface area contributed by atoms with E-state index in [0.29, 0.717) is 18.7 Å². The van der Waals surface area contributed by atoms with E-state index in [1.165, 1.54) is 0 Å². The van der Waals surface area contributed by atoms with Crippen molar-refractivity contribution in [1.82, 2.24) is 0 Å². The van der Waals surface area contributed by atoms with Crippen LogP contribution in [-0.4, -0.2) is 37.1 Å². The second kappa shape index (κ2) is 8.29. The first-order valence-electron chi connectivity index (χ1n) is 9.71. The van der Waals surface area contributed by atoms with E-state index >= 15 is 0 Å².